The van der Waals surface area contributed by atoms with Crippen molar-refractivity contribution in [3.05, 3.63) is 23.5 Å². The molecule has 2 aromatic heterocycles. The van der Waals surface area contributed by atoms with Crippen molar-refractivity contribution in [3.63, 3.8) is 0 Å². The Hall–Kier alpha value is -1.37. The normalized spacial score (nSPS) is 18.9. The van der Waals surface area contributed by atoms with Gasteiger partial charge in [-0.05, 0) is 44.2 Å². The molecule has 1 N–H and O–H groups in total. The molecule has 8 heteroatoms. The summed E-state index contributed by atoms with van der Waals surface area (Å²) in [5.74, 6) is 0.120. The van der Waals surface area contributed by atoms with Crippen molar-refractivity contribution in [2.45, 2.75) is 26.2 Å². The highest BCUT2D eigenvalue weighted by Crippen LogP contribution is 2.37. The lowest BCUT2D eigenvalue weighted by Gasteiger charge is -2.39. The first-order chi connectivity index (χ1) is 11.1. The van der Waals surface area contributed by atoms with Crippen LogP contribution >= 0.6 is 24.8 Å². The van der Waals surface area contributed by atoms with Crippen LogP contribution in [0, 0.1) is 12.3 Å². The number of rotatable bonds is 1. The average Bonchev–Trinajstić information content (AvgIpc) is 3.15. The van der Waals surface area contributed by atoms with E-state index in [1.807, 2.05) is 24.9 Å². The molecule has 2 saturated heterocycles. The van der Waals surface area contributed by atoms with Gasteiger partial charge in [0.15, 0.2) is 5.65 Å². The summed E-state index contributed by atoms with van der Waals surface area (Å²) >= 11 is 0. The molecule has 2 fully saturated rings. The number of halogens is 2. The summed E-state index contributed by atoms with van der Waals surface area (Å²) < 4.78 is 1.73. The third kappa shape index (κ3) is 3.48. The van der Waals surface area contributed by atoms with E-state index in [1.54, 1.807) is 10.9 Å². The maximum atomic E-state index is 13.0. The van der Waals surface area contributed by atoms with Gasteiger partial charge in [0.05, 0.1) is 17.1 Å². The molecule has 4 rings (SSSR count). The van der Waals surface area contributed by atoms with E-state index in [4.69, 9.17) is 0 Å². The summed E-state index contributed by atoms with van der Waals surface area (Å²) in [7, 11) is 1.86. The van der Waals surface area contributed by atoms with Gasteiger partial charge in [0, 0.05) is 32.4 Å². The van der Waals surface area contributed by atoms with E-state index in [-0.39, 0.29) is 30.7 Å². The van der Waals surface area contributed by atoms with E-state index < -0.39 is 0 Å². The summed E-state index contributed by atoms with van der Waals surface area (Å²) in [4.78, 5) is 19.5. The van der Waals surface area contributed by atoms with Crippen molar-refractivity contribution < 1.29 is 4.79 Å². The lowest BCUT2D eigenvalue weighted by atomic mass is 9.78. The van der Waals surface area contributed by atoms with Gasteiger partial charge in [0.25, 0.3) is 5.91 Å². The van der Waals surface area contributed by atoms with Gasteiger partial charge in [-0.15, -0.1) is 24.8 Å². The number of piperidine rings is 1. The minimum Gasteiger partial charge on any atom is -0.339 e. The van der Waals surface area contributed by atoms with Gasteiger partial charge in [-0.25, -0.2) is 4.98 Å². The number of aromatic nitrogens is 3. The van der Waals surface area contributed by atoms with Crippen molar-refractivity contribution in [2.24, 2.45) is 12.5 Å². The van der Waals surface area contributed by atoms with Gasteiger partial charge < -0.3 is 10.2 Å². The molecule has 2 aromatic rings. The van der Waals surface area contributed by atoms with Crippen LogP contribution in [0.1, 0.15) is 35.3 Å². The highest BCUT2D eigenvalue weighted by atomic mass is 35.5. The molecule has 0 atom stereocenters. The molecule has 2 aliphatic rings. The van der Waals surface area contributed by atoms with Crippen molar-refractivity contribution in [1.82, 2.24) is 25.0 Å². The van der Waals surface area contributed by atoms with Crippen molar-refractivity contribution in [3.8, 4) is 0 Å². The second-order valence-electron chi connectivity index (χ2n) is 7.04. The van der Waals surface area contributed by atoms with Gasteiger partial charge in [-0.3, -0.25) is 9.48 Å². The third-order valence-corrected chi connectivity index (χ3v) is 5.51. The van der Waals surface area contributed by atoms with Crippen molar-refractivity contribution in [2.75, 3.05) is 26.2 Å². The molecule has 0 aromatic carbocycles. The van der Waals surface area contributed by atoms with Crippen LogP contribution in [0.25, 0.3) is 11.0 Å². The number of carbonyl (C=O) groups is 1. The molecular formula is C17H25Cl2N5O. The van der Waals surface area contributed by atoms with Crippen LogP contribution in [0.4, 0.5) is 0 Å². The zero-order chi connectivity index (χ0) is 16.0. The van der Waals surface area contributed by atoms with Crippen LogP contribution in [0.2, 0.25) is 0 Å². The minimum absolute atomic E-state index is 0. The predicted octanol–water partition coefficient (Wildman–Crippen LogP) is 2.34. The summed E-state index contributed by atoms with van der Waals surface area (Å²) in [5.41, 5.74) is 2.80. The molecule has 6 nitrogen and oxygen atoms in total. The average molecular weight is 386 g/mol. The number of fused-ring (bicyclic) bond motifs is 1. The minimum atomic E-state index is 0. The summed E-state index contributed by atoms with van der Waals surface area (Å²) in [5, 5.41) is 8.58. The Bertz CT molecular complexity index is 760. The van der Waals surface area contributed by atoms with Crippen LogP contribution in [0.3, 0.4) is 0 Å². The highest BCUT2D eigenvalue weighted by molar-refractivity contribution is 6.05. The fourth-order valence-electron chi connectivity index (χ4n) is 3.99. The second kappa shape index (κ2) is 7.48. The van der Waals surface area contributed by atoms with Crippen LogP contribution in [0.15, 0.2) is 12.3 Å². The molecule has 138 valence electrons. The van der Waals surface area contributed by atoms with E-state index in [0.717, 1.165) is 61.3 Å². The molecule has 1 amide bonds. The highest BCUT2D eigenvalue weighted by Gasteiger charge is 2.38. The summed E-state index contributed by atoms with van der Waals surface area (Å²) in [6.45, 7) is 5.86. The first-order valence-electron chi connectivity index (χ1n) is 8.37. The van der Waals surface area contributed by atoms with Crippen molar-refractivity contribution in [1.29, 1.82) is 0 Å². The molecular weight excluding hydrogens is 361 g/mol. The van der Waals surface area contributed by atoms with E-state index in [0.29, 0.717) is 5.41 Å². The molecule has 2 aliphatic heterocycles. The van der Waals surface area contributed by atoms with Crippen LogP contribution in [-0.2, 0) is 7.05 Å². The molecule has 4 heterocycles. The Kier molecular flexibility index (Phi) is 5.97. The Morgan fingerprint density at radius 2 is 1.96 bits per heavy atom. The molecule has 25 heavy (non-hydrogen) atoms. The fourth-order valence-corrected chi connectivity index (χ4v) is 3.99. The first kappa shape index (κ1) is 19.9. The smallest absolute Gasteiger partial charge is 0.254 e. The lowest BCUT2D eigenvalue weighted by Crippen LogP contribution is -2.44. The zero-order valence-electron chi connectivity index (χ0n) is 14.6. The number of carbonyl (C=O) groups excluding carboxylic acids is 1. The Balaban J connectivity index is 0.00000113. The molecule has 0 saturated carbocycles. The quantitative estimate of drug-likeness (QED) is 0.817. The van der Waals surface area contributed by atoms with Gasteiger partial charge in [-0.2, -0.15) is 5.10 Å². The Labute approximate surface area is 160 Å². The number of pyridine rings is 1. The topological polar surface area (TPSA) is 63.1 Å². The summed E-state index contributed by atoms with van der Waals surface area (Å²) in [6.07, 6.45) is 5.20. The number of hydrogen-bond donors (Lipinski definition) is 1. The molecule has 0 unspecified atom stereocenters. The zero-order valence-corrected chi connectivity index (χ0v) is 16.3. The maximum Gasteiger partial charge on any atom is 0.254 e. The second-order valence-corrected chi connectivity index (χ2v) is 7.04. The number of nitrogens with one attached hydrogen (secondary N) is 1. The number of nitrogens with zero attached hydrogens (tertiary/aromatic N) is 4. The van der Waals surface area contributed by atoms with E-state index >= 15 is 0 Å². The van der Waals surface area contributed by atoms with Crippen LogP contribution in [-0.4, -0.2) is 51.8 Å². The number of amides is 1. The van der Waals surface area contributed by atoms with Gasteiger partial charge in [0.1, 0.15) is 0 Å². The largest absolute Gasteiger partial charge is 0.339 e. The van der Waals surface area contributed by atoms with Crippen LogP contribution < -0.4 is 5.32 Å². The summed E-state index contributed by atoms with van der Waals surface area (Å²) in [6, 6.07) is 1.90. The van der Waals surface area contributed by atoms with Crippen molar-refractivity contribution >= 4 is 41.8 Å². The molecule has 0 radical (unpaired) electrons. The Morgan fingerprint density at radius 3 is 2.60 bits per heavy atom. The predicted molar refractivity (Wildman–Crippen MR) is 103 cm³/mol. The molecule has 1 spiro atoms. The number of likely N-dealkylation sites (tertiary alicyclic amines) is 1. The number of aryl methyl sites for hydroxylation is 2. The van der Waals surface area contributed by atoms with Gasteiger partial charge >= 0.3 is 0 Å². The fraction of sp³-hybridized carbons (Fsp3) is 0.588. The standard InChI is InChI=1S/C17H23N5O.2ClH/c1-12-9-13(14-10-19-21(2)15(14)20-12)16(23)22-7-4-17(5-8-22)3-6-18-11-17;;/h9-10,18H,3-8,11H2,1-2H3;2*1H. The SMILES string of the molecule is Cc1cc(C(=O)N2CCC3(CCNC3)CC2)c2cnn(C)c2n1.Cl.Cl. The van der Waals surface area contributed by atoms with Crippen LogP contribution in [0.5, 0.6) is 0 Å². The van der Waals surface area contributed by atoms with E-state index in [2.05, 4.69) is 15.4 Å². The van der Waals surface area contributed by atoms with E-state index in [9.17, 15) is 4.79 Å². The Morgan fingerprint density at radius 1 is 1.24 bits per heavy atom. The van der Waals surface area contributed by atoms with Gasteiger partial charge in [0.2, 0.25) is 0 Å². The van der Waals surface area contributed by atoms with Gasteiger partial charge in [-0.1, -0.05) is 0 Å². The lowest BCUT2D eigenvalue weighted by molar-refractivity contribution is 0.0609. The first-order valence-corrected chi connectivity index (χ1v) is 8.37. The molecule has 0 bridgehead atoms. The number of hydrogen-bond acceptors (Lipinski definition) is 4. The monoisotopic (exact) mass is 385 g/mol. The maximum absolute atomic E-state index is 13.0. The van der Waals surface area contributed by atoms with E-state index in [1.165, 1.54) is 6.42 Å². The molecule has 0 aliphatic carbocycles. The third-order valence-electron chi connectivity index (χ3n) is 5.51.